The first-order chi connectivity index (χ1) is 17.7. The Labute approximate surface area is 209 Å². The van der Waals surface area contributed by atoms with Crippen molar-refractivity contribution in [2.24, 2.45) is 5.73 Å². The van der Waals surface area contributed by atoms with Crippen molar-refractivity contribution in [3.05, 3.63) is 78.2 Å². The van der Waals surface area contributed by atoms with Crippen LogP contribution < -0.4 is 16.0 Å². The molecule has 36 heavy (non-hydrogen) atoms. The molecule has 184 valence electrons. The number of pyridine rings is 1. The maximum absolute atomic E-state index is 12.0. The maximum Gasteiger partial charge on any atom is 0.248 e. The summed E-state index contributed by atoms with van der Waals surface area (Å²) in [5.41, 5.74) is 12.2. The summed E-state index contributed by atoms with van der Waals surface area (Å²) in [6.07, 6.45) is 3.81. The summed E-state index contributed by atoms with van der Waals surface area (Å²) in [4.78, 5) is 19.1. The van der Waals surface area contributed by atoms with Crippen molar-refractivity contribution in [2.45, 2.75) is 6.10 Å². The fourth-order valence-electron chi connectivity index (χ4n) is 5.10. The zero-order valence-electron chi connectivity index (χ0n) is 20.0. The van der Waals surface area contributed by atoms with Crippen LogP contribution in [0.4, 0.5) is 5.69 Å². The fraction of sp³-hybridized carbons (Fsp3) is 0.286. The number of fused-ring (bicyclic) bond motifs is 1. The number of benzene rings is 2. The van der Waals surface area contributed by atoms with Crippen molar-refractivity contribution in [1.82, 2.24) is 14.9 Å². The van der Waals surface area contributed by atoms with Crippen molar-refractivity contribution < 1.29 is 14.3 Å². The van der Waals surface area contributed by atoms with Gasteiger partial charge in [0.25, 0.3) is 0 Å². The predicted molar refractivity (Wildman–Crippen MR) is 140 cm³/mol. The lowest BCUT2D eigenvalue weighted by atomic mass is 9.99. The largest absolute Gasteiger partial charge is 0.378 e. The molecule has 6 rings (SSSR count). The van der Waals surface area contributed by atoms with Crippen LogP contribution in [0.1, 0.15) is 22.2 Å². The monoisotopic (exact) mass is 483 g/mol. The lowest BCUT2D eigenvalue weighted by Gasteiger charge is -2.29. The summed E-state index contributed by atoms with van der Waals surface area (Å²) in [7, 11) is 0. The summed E-state index contributed by atoms with van der Waals surface area (Å²) in [5, 5.41) is 4.42. The third kappa shape index (κ3) is 4.24. The van der Waals surface area contributed by atoms with E-state index >= 15 is 0 Å². The van der Waals surface area contributed by atoms with Crippen molar-refractivity contribution in [3.63, 3.8) is 0 Å². The SMILES string of the molecule is NC(=O)c1ccc2c(-c3cccnc3C3CNCCO3)cn(-c3ccc(N4CCOCC4)cc3)c2c1. The number of carbonyl (C=O) groups is 1. The second-order valence-electron chi connectivity index (χ2n) is 9.12. The van der Waals surface area contributed by atoms with E-state index in [1.54, 1.807) is 6.07 Å². The zero-order chi connectivity index (χ0) is 24.5. The molecule has 0 radical (unpaired) electrons. The topological polar surface area (TPSA) is 94.6 Å². The minimum Gasteiger partial charge on any atom is -0.378 e. The second kappa shape index (κ2) is 9.73. The van der Waals surface area contributed by atoms with Crippen LogP contribution in [0.3, 0.4) is 0 Å². The Balaban J connectivity index is 1.47. The van der Waals surface area contributed by atoms with Crippen LogP contribution in [0.25, 0.3) is 27.7 Å². The van der Waals surface area contributed by atoms with E-state index in [2.05, 4.69) is 51.3 Å². The molecule has 1 amide bonds. The Kier molecular flexibility index (Phi) is 6.14. The average Bonchev–Trinajstić information content (AvgIpc) is 3.33. The molecule has 2 aliphatic rings. The summed E-state index contributed by atoms with van der Waals surface area (Å²) in [6.45, 7) is 5.49. The molecule has 8 heteroatoms. The Bertz CT molecular complexity index is 1390. The van der Waals surface area contributed by atoms with Gasteiger partial charge in [0.05, 0.1) is 31.0 Å². The number of ether oxygens (including phenoxy) is 2. The first kappa shape index (κ1) is 22.7. The molecule has 2 aromatic heterocycles. The minimum absolute atomic E-state index is 0.119. The molecule has 4 heterocycles. The van der Waals surface area contributed by atoms with Gasteiger partial charge in [-0.15, -0.1) is 0 Å². The van der Waals surface area contributed by atoms with Crippen molar-refractivity contribution in [1.29, 1.82) is 0 Å². The molecular formula is C28H29N5O3. The molecule has 0 bridgehead atoms. The van der Waals surface area contributed by atoms with E-state index in [1.165, 1.54) is 5.69 Å². The number of aromatic nitrogens is 2. The molecule has 2 aromatic carbocycles. The highest BCUT2D eigenvalue weighted by molar-refractivity contribution is 6.02. The molecule has 4 aromatic rings. The first-order valence-electron chi connectivity index (χ1n) is 12.3. The number of hydrogen-bond donors (Lipinski definition) is 2. The van der Waals surface area contributed by atoms with Gasteiger partial charge in [-0.05, 0) is 42.5 Å². The number of anilines is 1. The standard InChI is InChI=1S/C28H29N5O3/c29-28(34)19-3-8-22-24(23-2-1-9-31-27(23)26-17-30-10-13-36-26)18-33(25(22)16-19)21-6-4-20(5-7-21)32-11-14-35-15-12-32/h1-9,16,18,26,30H,10-15,17H2,(H2,29,34). The van der Waals surface area contributed by atoms with Gasteiger partial charge >= 0.3 is 0 Å². The van der Waals surface area contributed by atoms with Gasteiger partial charge in [0.1, 0.15) is 6.10 Å². The maximum atomic E-state index is 12.0. The molecule has 2 fully saturated rings. The number of nitrogens with zero attached hydrogens (tertiary/aromatic N) is 3. The van der Waals surface area contributed by atoms with E-state index in [4.69, 9.17) is 20.2 Å². The normalized spacial score (nSPS) is 18.4. The van der Waals surface area contributed by atoms with Gasteiger partial charge in [-0.25, -0.2) is 0 Å². The van der Waals surface area contributed by atoms with Gasteiger partial charge in [0.2, 0.25) is 5.91 Å². The van der Waals surface area contributed by atoms with Crippen LogP contribution >= 0.6 is 0 Å². The molecule has 1 atom stereocenters. The molecule has 1 unspecified atom stereocenters. The van der Waals surface area contributed by atoms with Crippen molar-refractivity contribution >= 4 is 22.5 Å². The van der Waals surface area contributed by atoms with E-state index in [0.29, 0.717) is 12.2 Å². The summed E-state index contributed by atoms with van der Waals surface area (Å²) < 4.78 is 13.7. The molecule has 2 aliphatic heterocycles. The number of amides is 1. The van der Waals surface area contributed by atoms with Crippen molar-refractivity contribution in [2.75, 3.05) is 50.9 Å². The Morgan fingerprint density at radius 1 is 1.00 bits per heavy atom. The fourth-order valence-corrected chi connectivity index (χ4v) is 5.10. The number of rotatable bonds is 5. The molecule has 8 nitrogen and oxygen atoms in total. The smallest absolute Gasteiger partial charge is 0.248 e. The quantitative estimate of drug-likeness (QED) is 0.452. The van der Waals surface area contributed by atoms with Crippen LogP contribution in [0.15, 0.2) is 67.0 Å². The number of morpholine rings is 2. The highest BCUT2D eigenvalue weighted by Gasteiger charge is 2.23. The van der Waals surface area contributed by atoms with E-state index in [-0.39, 0.29) is 6.10 Å². The van der Waals surface area contributed by atoms with E-state index in [0.717, 1.165) is 72.8 Å². The molecule has 0 spiro atoms. The van der Waals surface area contributed by atoms with Crippen LogP contribution in [0, 0.1) is 0 Å². The number of hydrogen-bond acceptors (Lipinski definition) is 6. The van der Waals surface area contributed by atoms with E-state index < -0.39 is 5.91 Å². The first-order valence-corrected chi connectivity index (χ1v) is 12.3. The lowest BCUT2D eigenvalue weighted by Crippen LogP contribution is -2.36. The van der Waals surface area contributed by atoms with E-state index in [1.807, 2.05) is 24.4 Å². The van der Waals surface area contributed by atoms with Gasteiger partial charge in [-0.1, -0.05) is 12.1 Å². The number of nitrogens with one attached hydrogen (secondary N) is 1. The van der Waals surface area contributed by atoms with Gasteiger partial charge < -0.3 is 30.0 Å². The van der Waals surface area contributed by atoms with Gasteiger partial charge in [0.15, 0.2) is 0 Å². The predicted octanol–water partition coefficient (Wildman–Crippen LogP) is 3.29. The number of primary amides is 1. The molecule has 0 aliphatic carbocycles. The van der Waals surface area contributed by atoms with Crippen LogP contribution in [-0.2, 0) is 9.47 Å². The summed E-state index contributed by atoms with van der Waals surface area (Å²) >= 11 is 0. The van der Waals surface area contributed by atoms with Crippen LogP contribution in [0.5, 0.6) is 0 Å². The minimum atomic E-state index is -0.447. The molecular weight excluding hydrogens is 454 g/mol. The summed E-state index contributed by atoms with van der Waals surface area (Å²) in [6, 6.07) is 18.2. The molecule has 3 N–H and O–H groups in total. The molecule has 0 saturated carbocycles. The van der Waals surface area contributed by atoms with Crippen molar-refractivity contribution in [3.8, 4) is 16.8 Å². The van der Waals surface area contributed by atoms with Crippen LogP contribution in [-0.4, -0.2) is 61.5 Å². The Morgan fingerprint density at radius 2 is 1.81 bits per heavy atom. The Morgan fingerprint density at radius 3 is 2.56 bits per heavy atom. The zero-order valence-corrected chi connectivity index (χ0v) is 20.0. The van der Waals surface area contributed by atoms with Gasteiger partial charge in [-0.2, -0.15) is 0 Å². The van der Waals surface area contributed by atoms with Crippen LogP contribution in [0.2, 0.25) is 0 Å². The van der Waals surface area contributed by atoms with E-state index in [9.17, 15) is 4.79 Å². The third-order valence-corrected chi connectivity index (χ3v) is 6.96. The Hall–Kier alpha value is -3.72. The third-order valence-electron chi connectivity index (χ3n) is 6.96. The number of carbonyl (C=O) groups excluding carboxylic acids is 1. The highest BCUT2D eigenvalue weighted by atomic mass is 16.5. The highest BCUT2D eigenvalue weighted by Crippen LogP contribution is 2.37. The molecule has 2 saturated heterocycles. The second-order valence-corrected chi connectivity index (χ2v) is 9.12. The number of nitrogens with two attached hydrogens (primary N) is 1. The average molecular weight is 484 g/mol. The van der Waals surface area contributed by atoms with Gasteiger partial charge in [0, 0.05) is 72.0 Å². The van der Waals surface area contributed by atoms with Gasteiger partial charge in [-0.3, -0.25) is 9.78 Å². The lowest BCUT2D eigenvalue weighted by molar-refractivity contribution is 0.0254. The summed E-state index contributed by atoms with van der Waals surface area (Å²) in [5.74, 6) is -0.447.